The van der Waals surface area contributed by atoms with Gasteiger partial charge < -0.3 is 46.2 Å². The molecule has 4 aliphatic rings. The molecular weight excluding hydrogens is 854 g/mol. The number of aliphatic hydroxyl groups excluding tert-OH is 1. The molecule has 0 radical (unpaired) electrons. The first kappa shape index (κ1) is 47.7. The van der Waals surface area contributed by atoms with Crippen molar-refractivity contribution in [3.05, 3.63) is 106 Å². The summed E-state index contributed by atoms with van der Waals surface area (Å²) in [5, 5.41) is 27.9. The van der Waals surface area contributed by atoms with E-state index in [-0.39, 0.29) is 12.0 Å². The zero-order valence-electron chi connectivity index (χ0n) is 35.1. The van der Waals surface area contributed by atoms with E-state index < -0.39 is 84.3 Å². The minimum Gasteiger partial charge on any atom is -0.453 e. The lowest BCUT2D eigenvalue weighted by molar-refractivity contribution is -0.220. The number of benzene rings is 2. The first-order valence-corrected chi connectivity index (χ1v) is 20.4. The largest absolute Gasteiger partial charge is 0.453 e. The molecule has 1 aromatic heterocycles. The summed E-state index contributed by atoms with van der Waals surface area (Å²) in [4.78, 5) is 35.2. The zero-order valence-corrected chi connectivity index (χ0v) is 35.1. The number of piperidine rings is 1. The predicted octanol–water partition coefficient (Wildman–Crippen LogP) is 4.61. The maximum Gasteiger partial charge on any atom is 0.407 e. The summed E-state index contributed by atoms with van der Waals surface area (Å²) in [6.45, 7) is 0.969. The van der Waals surface area contributed by atoms with E-state index in [2.05, 4.69) is 42.0 Å². The second-order valence-electron chi connectivity index (χ2n) is 16.4. The van der Waals surface area contributed by atoms with Crippen molar-refractivity contribution in [3.8, 4) is 11.8 Å². The number of allylic oxidation sites excluding steroid dienone is 1. The lowest BCUT2D eigenvalue weighted by atomic mass is 9.82. The number of carbonyl (C=O) groups excluding carboxylic acids is 2. The lowest BCUT2D eigenvalue weighted by Crippen LogP contribution is -2.74. The van der Waals surface area contributed by atoms with Gasteiger partial charge in [0.25, 0.3) is 0 Å². The maximum absolute atomic E-state index is 15.0. The number of hydrogen-bond acceptors (Lipinski definition) is 11. The Bertz CT molecular complexity index is 2190. The second-order valence-corrected chi connectivity index (χ2v) is 16.4. The number of alkyl carbamates (subject to hydrolysis) is 1. The standard InChI is InChI=1S/C44H49F7N8O5/c1-43(2,44(49,50)51)39(57-42(62)63-3)40(61)56-36(37(60)20-53-19-32-33(45)15-28(16-34(32)46)35(52)12-13-54-41(47)48)14-26-7-4-25(5-8-26)6-9-27-10-11-38(55-18-27)58-21-29-17-30(22-58)59(29)31-23-64-24-31/h4-5,7-8,10-13,15-16,18,29-31,36-37,39,41,52-54,60H,14,17,19-24H2,1-3H3,(H,56,61)(H,57,62)/b13-12-,52-35?/t29?,30?,36-,37-,39?/m0/s1. The Morgan fingerprint density at radius 2 is 1.64 bits per heavy atom. The summed E-state index contributed by atoms with van der Waals surface area (Å²) in [5.41, 5.74) is -2.22. The minimum absolute atomic E-state index is 0.150. The molecule has 5 atom stereocenters. The van der Waals surface area contributed by atoms with Crippen molar-refractivity contribution in [3.63, 3.8) is 0 Å². The summed E-state index contributed by atoms with van der Waals surface area (Å²) in [6.07, 6.45) is -3.48. The van der Waals surface area contributed by atoms with Gasteiger partial charge in [-0.1, -0.05) is 24.0 Å². The third-order valence-electron chi connectivity index (χ3n) is 11.7. The van der Waals surface area contributed by atoms with Gasteiger partial charge in [-0.3, -0.25) is 9.69 Å². The summed E-state index contributed by atoms with van der Waals surface area (Å²) < 4.78 is 107. The molecule has 2 aromatic carbocycles. The maximum atomic E-state index is 15.0. The highest BCUT2D eigenvalue weighted by molar-refractivity contribution is 6.06. The average Bonchev–Trinajstić information content (AvgIpc) is 3.23. The molecule has 5 heterocycles. The van der Waals surface area contributed by atoms with Gasteiger partial charge in [0.2, 0.25) is 5.91 Å². The Hall–Kier alpha value is -5.75. The molecule has 2 bridgehead atoms. The van der Waals surface area contributed by atoms with Crippen LogP contribution in [0.1, 0.15) is 48.1 Å². The Balaban J connectivity index is 1.13. The minimum atomic E-state index is -4.98. The molecule has 344 valence electrons. The van der Waals surface area contributed by atoms with Crippen LogP contribution in [0.2, 0.25) is 0 Å². The number of fused-ring (bicyclic) bond motifs is 2. The number of nitrogens with one attached hydrogen (secondary N) is 5. The van der Waals surface area contributed by atoms with Crippen LogP contribution in [0, 0.1) is 34.3 Å². The van der Waals surface area contributed by atoms with Gasteiger partial charge in [0, 0.05) is 72.9 Å². The fourth-order valence-electron chi connectivity index (χ4n) is 7.77. The normalized spacial score (nSPS) is 19.2. The lowest BCUT2D eigenvalue weighted by Gasteiger charge is -2.60. The number of amides is 2. The summed E-state index contributed by atoms with van der Waals surface area (Å²) >= 11 is 0. The molecule has 0 aliphatic carbocycles. The van der Waals surface area contributed by atoms with Gasteiger partial charge in [0.05, 0.1) is 49.6 Å². The van der Waals surface area contributed by atoms with Gasteiger partial charge in [-0.25, -0.2) is 18.6 Å². The molecule has 7 rings (SSSR count). The van der Waals surface area contributed by atoms with Gasteiger partial charge in [-0.15, -0.1) is 0 Å². The van der Waals surface area contributed by atoms with Gasteiger partial charge in [-0.2, -0.15) is 22.0 Å². The molecule has 0 spiro atoms. The van der Waals surface area contributed by atoms with Crippen LogP contribution in [0.5, 0.6) is 0 Å². The van der Waals surface area contributed by atoms with Crippen LogP contribution in [-0.2, 0) is 27.2 Å². The first-order chi connectivity index (χ1) is 30.3. The zero-order chi connectivity index (χ0) is 46.3. The monoisotopic (exact) mass is 902 g/mol. The molecule has 2 amide bonds. The van der Waals surface area contributed by atoms with Crippen LogP contribution in [0.15, 0.2) is 67.0 Å². The van der Waals surface area contributed by atoms with Gasteiger partial charge in [0.1, 0.15) is 23.5 Å². The SMILES string of the molecule is COC(=O)NC(C(=O)N[C@@H](Cc1ccc(C#Cc2ccc(N3CC4CC(C3)N4C3COC3)nc2)cc1)[C@@H](O)CNCc1c(F)cc(C(=N)/C=C\NC(F)F)cc1F)C(C)(C)C(F)(F)F. The molecule has 64 heavy (non-hydrogen) atoms. The van der Waals surface area contributed by atoms with Crippen molar-refractivity contribution in [1.29, 1.82) is 5.41 Å². The van der Waals surface area contributed by atoms with E-state index in [1.54, 1.807) is 35.8 Å². The molecule has 3 aromatic rings. The molecule has 13 nitrogen and oxygen atoms in total. The van der Waals surface area contributed by atoms with Crippen molar-refractivity contribution >= 4 is 23.5 Å². The molecule has 4 saturated heterocycles. The predicted molar refractivity (Wildman–Crippen MR) is 221 cm³/mol. The topological polar surface area (TPSA) is 164 Å². The number of aromatic nitrogens is 1. The number of ether oxygens (including phenoxy) is 2. The molecule has 4 fully saturated rings. The van der Waals surface area contributed by atoms with Crippen LogP contribution in [0.25, 0.3) is 0 Å². The van der Waals surface area contributed by atoms with Gasteiger partial charge in [0.15, 0.2) is 0 Å². The number of carbonyl (C=O) groups is 2. The number of nitrogens with zero attached hydrogens (tertiary/aromatic N) is 3. The van der Waals surface area contributed by atoms with E-state index >= 15 is 8.78 Å². The number of piperazine rings is 1. The van der Waals surface area contributed by atoms with Crippen molar-refractivity contribution in [2.45, 2.75) is 82.3 Å². The Morgan fingerprint density at radius 1 is 1.00 bits per heavy atom. The number of hydrogen-bond donors (Lipinski definition) is 6. The third-order valence-corrected chi connectivity index (χ3v) is 11.7. The highest BCUT2D eigenvalue weighted by Gasteiger charge is 2.56. The quantitative estimate of drug-likeness (QED) is 0.0489. The molecule has 3 unspecified atom stereocenters. The van der Waals surface area contributed by atoms with Gasteiger partial charge in [-0.05, 0) is 74.7 Å². The van der Waals surface area contributed by atoms with E-state index in [0.717, 1.165) is 63.6 Å². The van der Waals surface area contributed by atoms with Crippen LogP contribution in [0.4, 0.5) is 41.3 Å². The molecule has 6 N–H and O–H groups in total. The fourth-order valence-corrected chi connectivity index (χ4v) is 7.77. The molecular formula is C44H49F7N8O5. The molecule has 20 heteroatoms. The third kappa shape index (κ3) is 11.5. The van der Waals surface area contributed by atoms with Crippen molar-refractivity contribution < 1.29 is 54.9 Å². The number of aliphatic hydroxyl groups is 1. The Morgan fingerprint density at radius 3 is 2.20 bits per heavy atom. The number of alkyl halides is 5. The van der Waals surface area contributed by atoms with E-state index in [9.17, 15) is 36.6 Å². The van der Waals surface area contributed by atoms with Crippen molar-refractivity contribution in [2.24, 2.45) is 5.41 Å². The van der Waals surface area contributed by atoms with Crippen LogP contribution in [-0.4, -0.2) is 122 Å². The summed E-state index contributed by atoms with van der Waals surface area (Å²) in [5.74, 6) is 3.55. The smallest absolute Gasteiger partial charge is 0.407 e. The molecule has 4 aliphatic heterocycles. The Labute approximate surface area is 365 Å². The van der Waals surface area contributed by atoms with Crippen LogP contribution in [0.3, 0.4) is 0 Å². The summed E-state index contributed by atoms with van der Waals surface area (Å²) in [7, 11) is 0.913. The number of rotatable bonds is 17. The van der Waals surface area contributed by atoms with Crippen molar-refractivity contribution in [1.82, 2.24) is 31.2 Å². The molecule has 0 saturated carbocycles. The highest BCUT2D eigenvalue weighted by Crippen LogP contribution is 2.41. The second kappa shape index (κ2) is 20.4. The highest BCUT2D eigenvalue weighted by atomic mass is 19.4. The summed E-state index contributed by atoms with van der Waals surface area (Å²) in [6, 6.07) is 10.1. The Kier molecular flexibility index (Phi) is 15.2. The van der Waals surface area contributed by atoms with Crippen LogP contribution < -0.4 is 26.2 Å². The van der Waals surface area contributed by atoms with Crippen molar-refractivity contribution in [2.75, 3.05) is 44.9 Å². The van der Waals surface area contributed by atoms with E-state index in [1.165, 1.54) is 6.42 Å². The fraction of sp³-hybridized carbons (Fsp3) is 0.455. The van der Waals surface area contributed by atoms with Crippen LogP contribution >= 0.6 is 0 Å². The first-order valence-electron chi connectivity index (χ1n) is 20.4. The number of pyridine rings is 1. The number of methoxy groups -OCH3 is 1. The number of anilines is 1. The average molecular weight is 903 g/mol. The van der Waals surface area contributed by atoms with E-state index in [4.69, 9.17) is 10.1 Å². The van der Waals surface area contributed by atoms with E-state index in [1.807, 2.05) is 17.4 Å². The number of halogens is 7. The van der Waals surface area contributed by atoms with E-state index in [0.29, 0.717) is 48.7 Å². The van der Waals surface area contributed by atoms with Gasteiger partial charge >= 0.3 is 18.8 Å².